The van der Waals surface area contributed by atoms with Crippen molar-refractivity contribution in [1.82, 2.24) is 19.5 Å². The average molecular weight is 293 g/mol. The molecule has 4 rings (SSSR count). The number of aliphatic hydroxyl groups excluding tert-OH is 1. The van der Waals surface area contributed by atoms with Crippen molar-refractivity contribution in [2.24, 2.45) is 0 Å². The van der Waals surface area contributed by atoms with Crippen LogP contribution in [-0.4, -0.2) is 61.9 Å². The highest BCUT2D eigenvalue weighted by atomic mass is 16.8. The van der Waals surface area contributed by atoms with E-state index < -0.39 is 31.9 Å². The summed E-state index contributed by atoms with van der Waals surface area (Å²) in [4.78, 5) is 12.2. The van der Waals surface area contributed by atoms with Gasteiger partial charge in [-0.05, 0) is 0 Å². The molecule has 0 radical (unpaired) electrons. The zero-order chi connectivity index (χ0) is 14.6. The number of anilines is 1. The number of aromatic nitrogens is 4. The van der Waals surface area contributed by atoms with Gasteiger partial charge in [-0.15, -0.1) is 0 Å². The Morgan fingerprint density at radius 3 is 2.90 bits per heavy atom. The third-order valence-electron chi connectivity index (χ3n) is 3.67. The zero-order valence-corrected chi connectivity index (χ0v) is 10.7. The van der Waals surface area contributed by atoms with E-state index in [1.54, 1.807) is 4.57 Å². The van der Waals surface area contributed by atoms with Crippen molar-refractivity contribution in [2.45, 2.75) is 24.5 Å². The lowest BCUT2D eigenvalue weighted by atomic mass is 10.1. The normalized spacial score (nSPS) is 32.0. The first-order valence-electron chi connectivity index (χ1n) is 6.37. The van der Waals surface area contributed by atoms with E-state index in [9.17, 15) is 10.1 Å². The van der Waals surface area contributed by atoms with Crippen LogP contribution in [0, 0.1) is 0 Å². The Morgan fingerprint density at radius 1 is 1.29 bits per heavy atom. The summed E-state index contributed by atoms with van der Waals surface area (Å²) in [7, 11) is -1.34. The fourth-order valence-corrected chi connectivity index (χ4v) is 2.75. The maximum absolute atomic E-state index is 9.47. The van der Waals surface area contributed by atoms with E-state index in [2.05, 4.69) is 15.0 Å². The maximum atomic E-state index is 9.47. The van der Waals surface area contributed by atoms with Gasteiger partial charge in [0.2, 0.25) is 0 Å². The minimum atomic E-state index is -1.34. The van der Waals surface area contributed by atoms with Gasteiger partial charge in [-0.1, -0.05) is 0 Å². The Bertz CT molecular complexity index is 683. The second-order valence-electron chi connectivity index (χ2n) is 4.84. The Balaban J connectivity index is 1.76. The van der Waals surface area contributed by atoms with E-state index >= 15 is 0 Å². The van der Waals surface area contributed by atoms with Crippen molar-refractivity contribution in [3.8, 4) is 0 Å². The molecule has 2 aliphatic heterocycles. The summed E-state index contributed by atoms with van der Waals surface area (Å²) < 4.78 is 17.9. The Morgan fingerprint density at radius 2 is 2.10 bits per heavy atom. The number of hydrogen-bond acceptors (Lipinski definition) is 9. The lowest BCUT2D eigenvalue weighted by molar-refractivity contribution is -0.0624. The number of rotatable bonds is 2. The van der Waals surface area contributed by atoms with E-state index in [-0.39, 0.29) is 12.4 Å². The number of fused-ring (bicyclic) bond motifs is 2. The van der Waals surface area contributed by atoms with Crippen molar-refractivity contribution < 1.29 is 24.2 Å². The minimum absolute atomic E-state index is 0.252. The van der Waals surface area contributed by atoms with Gasteiger partial charge < -0.3 is 29.9 Å². The number of ether oxygens (including phenoxy) is 1. The van der Waals surface area contributed by atoms with Crippen LogP contribution in [0.3, 0.4) is 0 Å². The van der Waals surface area contributed by atoms with Gasteiger partial charge in [-0.3, -0.25) is 4.57 Å². The summed E-state index contributed by atoms with van der Waals surface area (Å²) in [6.45, 7) is -0.252. The number of aliphatic hydroxyl groups is 1. The smallest absolute Gasteiger partial charge is 0.402 e. The monoisotopic (exact) mass is 293 g/mol. The number of nitrogens with zero attached hydrogens (tertiary/aromatic N) is 4. The third kappa shape index (κ3) is 1.83. The molecule has 0 aliphatic carbocycles. The van der Waals surface area contributed by atoms with Crippen LogP contribution in [0.1, 0.15) is 6.23 Å². The molecule has 2 saturated heterocycles. The fraction of sp³-hybridized carbons (Fsp3) is 0.500. The largest absolute Gasteiger partial charge is 0.637 e. The molecule has 2 fully saturated rings. The Kier molecular flexibility index (Phi) is 2.84. The van der Waals surface area contributed by atoms with E-state index in [0.29, 0.717) is 11.2 Å². The number of hydrogen-bond donors (Lipinski definition) is 3. The summed E-state index contributed by atoms with van der Waals surface area (Å²) in [6, 6.07) is 0. The molecule has 0 aromatic carbocycles. The molecule has 0 saturated carbocycles. The van der Waals surface area contributed by atoms with E-state index in [1.165, 1.54) is 12.7 Å². The van der Waals surface area contributed by atoms with Crippen LogP contribution in [0.5, 0.6) is 0 Å². The van der Waals surface area contributed by atoms with Gasteiger partial charge in [0.25, 0.3) is 0 Å². The number of nitrogen functional groups attached to an aromatic ring is 1. The first-order valence-corrected chi connectivity index (χ1v) is 6.37. The topological polar surface area (TPSA) is 138 Å². The standard InChI is InChI=1S/C10H12BN5O5/c12-8-5-9(14-2-13-8)16(3-15-5)10-7-6(4(1-17)19-10)20-11(18)21-7/h2-4,6-7,10,17-18H,1H2,(H2,12,13,14)/t4-,6-,7-,10-/m1/s1. The molecule has 2 aromatic heterocycles. The van der Waals surface area contributed by atoms with Crippen molar-refractivity contribution in [3.63, 3.8) is 0 Å². The second-order valence-corrected chi connectivity index (χ2v) is 4.84. The molecule has 2 aliphatic rings. The van der Waals surface area contributed by atoms with Gasteiger partial charge in [-0.25, -0.2) is 15.0 Å². The third-order valence-corrected chi connectivity index (χ3v) is 3.67. The zero-order valence-electron chi connectivity index (χ0n) is 10.7. The van der Waals surface area contributed by atoms with E-state index in [4.69, 9.17) is 19.8 Å². The van der Waals surface area contributed by atoms with E-state index in [0.717, 1.165) is 0 Å². The first kappa shape index (κ1) is 12.9. The van der Waals surface area contributed by atoms with Crippen molar-refractivity contribution >= 4 is 24.3 Å². The van der Waals surface area contributed by atoms with Crippen molar-refractivity contribution in [1.29, 1.82) is 0 Å². The molecule has 2 aromatic rings. The molecule has 0 amide bonds. The van der Waals surface area contributed by atoms with Gasteiger partial charge in [0.15, 0.2) is 17.7 Å². The molecule has 0 bridgehead atoms. The van der Waals surface area contributed by atoms with Gasteiger partial charge in [-0.2, -0.15) is 0 Å². The summed E-state index contributed by atoms with van der Waals surface area (Å²) in [5.74, 6) is 0.260. The van der Waals surface area contributed by atoms with Gasteiger partial charge in [0.05, 0.1) is 12.9 Å². The Labute approximate surface area is 118 Å². The molecule has 110 valence electrons. The molecule has 11 heteroatoms. The predicted molar refractivity (Wildman–Crippen MR) is 68.5 cm³/mol. The first-order chi connectivity index (χ1) is 10.2. The summed E-state index contributed by atoms with van der Waals surface area (Å²) in [5, 5.41) is 18.8. The van der Waals surface area contributed by atoms with Crippen molar-refractivity contribution in [2.75, 3.05) is 12.3 Å². The molecule has 0 unspecified atom stereocenters. The Hall–Kier alpha value is -1.79. The summed E-state index contributed by atoms with van der Waals surface area (Å²) in [6.07, 6.45) is 0.451. The number of nitrogens with two attached hydrogens (primary N) is 1. The van der Waals surface area contributed by atoms with E-state index in [1.807, 2.05) is 0 Å². The minimum Gasteiger partial charge on any atom is -0.402 e. The molecule has 10 nitrogen and oxygen atoms in total. The van der Waals surface area contributed by atoms with Crippen LogP contribution < -0.4 is 5.73 Å². The highest BCUT2D eigenvalue weighted by Gasteiger charge is 2.55. The molecule has 4 atom stereocenters. The maximum Gasteiger partial charge on any atom is 0.637 e. The summed E-state index contributed by atoms with van der Waals surface area (Å²) >= 11 is 0. The highest BCUT2D eigenvalue weighted by molar-refractivity contribution is 6.35. The van der Waals surface area contributed by atoms with Crippen LogP contribution in [0.15, 0.2) is 12.7 Å². The van der Waals surface area contributed by atoms with Gasteiger partial charge in [0, 0.05) is 0 Å². The van der Waals surface area contributed by atoms with Crippen LogP contribution in [0.4, 0.5) is 5.82 Å². The molecular weight excluding hydrogens is 281 g/mol. The summed E-state index contributed by atoms with van der Waals surface area (Å²) in [5.41, 5.74) is 6.68. The van der Waals surface area contributed by atoms with Crippen LogP contribution in [0.25, 0.3) is 11.2 Å². The SMILES string of the molecule is Nc1ncnc2c1ncn2[C@@H]1O[C@H](CO)[C@H]2OB(O)O[C@H]21. The molecule has 0 spiro atoms. The van der Waals surface area contributed by atoms with Crippen molar-refractivity contribution in [3.05, 3.63) is 12.7 Å². The van der Waals surface area contributed by atoms with Crippen LogP contribution >= 0.6 is 0 Å². The van der Waals surface area contributed by atoms with Crippen LogP contribution in [-0.2, 0) is 14.0 Å². The highest BCUT2D eigenvalue weighted by Crippen LogP contribution is 2.38. The molecular formula is C10H12BN5O5. The molecule has 4 heterocycles. The molecule has 21 heavy (non-hydrogen) atoms. The van der Waals surface area contributed by atoms with Gasteiger partial charge in [0.1, 0.15) is 30.2 Å². The lowest BCUT2D eigenvalue weighted by Gasteiger charge is -2.18. The lowest BCUT2D eigenvalue weighted by Crippen LogP contribution is -2.31. The molecule has 4 N–H and O–H groups in total. The second kappa shape index (κ2) is 4.61. The average Bonchev–Trinajstić information content (AvgIpc) is 3.12. The fourth-order valence-electron chi connectivity index (χ4n) is 2.75. The number of imidazole rings is 1. The van der Waals surface area contributed by atoms with Crippen LogP contribution in [0.2, 0.25) is 0 Å². The quantitative estimate of drug-likeness (QED) is 0.540. The van der Waals surface area contributed by atoms with Gasteiger partial charge >= 0.3 is 7.32 Å². The predicted octanol–water partition coefficient (Wildman–Crippen LogP) is -1.94.